The molecular formula is C13H14BrNO3. The van der Waals surface area contributed by atoms with Gasteiger partial charge in [-0.05, 0) is 31.0 Å². The highest BCUT2D eigenvalue weighted by molar-refractivity contribution is 9.10. The number of hydrogen-bond donors (Lipinski definition) is 2. The van der Waals surface area contributed by atoms with Gasteiger partial charge in [0, 0.05) is 4.47 Å². The molecular weight excluding hydrogens is 298 g/mol. The minimum absolute atomic E-state index is 0.111. The molecule has 0 bridgehead atoms. The van der Waals surface area contributed by atoms with E-state index in [1.807, 2.05) is 31.2 Å². The number of carboxylic acid groups (broad SMARTS) is 1. The highest BCUT2D eigenvalue weighted by Gasteiger charge is 2.48. The van der Waals surface area contributed by atoms with E-state index in [-0.39, 0.29) is 17.9 Å². The van der Waals surface area contributed by atoms with Gasteiger partial charge in [-0.25, -0.2) is 0 Å². The number of aliphatic carboxylic acids is 1. The van der Waals surface area contributed by atoms with Gasteiger partial charge in [0.15, 0.2) is 0 Å². The summed E-state index contributed by atoms with van der Waals surface area (Å²) in [4.78, 5) is 22.5. The lowest BCUT2D eigenvalue weighted by Crippen LogP contribution is -2.29. The van der Waals surface area contributed by atoms with Gasteiger partial charge < -0.3 is 10.4 Å². The first-order valence-corrected chi connectivity index (χ1v) is 6.57. The lowest BCUT2D eigenvalue weighted by atomic mass is 10.1. The second kappa shape index (κ2) is 5.10. The first-order chi connectivity index (χ1) is 8.49. The van der Waals surface area contributed by atoms with Crippen LogP contribution in [0.2, 0.25) is 0 Å². The van der Waals surface area contributed by atoms with Crippen molar-refractivity contribution in [2.45, 2.75) is 19.4 Å². The van der Waals surface area contributed by atoms with Crippen LogP contribution in [-0.4, -0.2) is 17.0 Å². The van der Waals surface area contributed by atoms with Gasteiger partial charge >= 0.3 is 5.97 Å². The molecule has 1 aliphatic rings. The number of hydrogen-bond acceptors (Lipinski definition) is 2. The van der Waals surface area contributed by atoms with Crippen LogP contribution in [0.1, 0.15) is 24.9 Å². The van der Waals surface area contributed by atoms with E-state index in [4.69, 9.17) is 5.11 Å². The van der Waals surface area contributed by atoms with Crippen LogP contribution in [0.5, 0.6) is 0 Å². The molecule has 0 aromatic heterocycles. The quantitative estimate of drug-likeness (QED) is 0.897. The summed E-state index contributed by atoms with van der Waals surface area (Å²) in [5.74, 6) is -1.91. The van der Waals surface area contributed by atoms with Gasteiger partial charge in [0.05, 0.1) is 17.9 Å². The first kappa shape index (κ1) is 13.1. The van der Waals surface area contributed by atoms with E-state index in [0.717, 1.165) is 10.0 Å². The number of nitrogens with one attached hydrogen (secondary N) is 1. The second-order valence-corrected chi connectivity index (χ2v) is 5.48. The molecule has 1 saturated carbocycles. The van der Waals surface area contributed by atoms with Crippen LogP contribution in [0.3, 0.4) is 0 Å². The molecule has 0 aliphatic heterocycles. The summed E-state index contributed by atoms with van der Waals surface area (Å²) in [7, 11) is 0. The molecule has 96 valence electrons. The van der Waals surface area contributed by atoms with Crippen LogP contribution < -0.4 is 5.32 Å². The first-order valence-electron chi connectivity index (χ1n) is 5.77. The number of amides is 1. The van der Waals surface area contributed by atoms with Gasteiger partial charge in [0.1, 0.15) is 0 Å². The Kier molecular flexibility index (Phi) is 3.71. The van der Waals surface area contributed by atoms with Crippen molar-refractivity contribution in [2.24, 2.45) is 11.8 Å². The molecule has 3 atom stereocenters. The number of rotatable bonds is 4. The lowest BCUT2D eigenvalue weighted by molar-refractivity contribution is -0.140. The molecule has 4 nitrogen and oxygen atoms in total. The van der Waals surface area contributed by atoms with Crippen LogP contribution >= 0.6 is 15.9 Å². The number of carbonyl (C=O) groups is 2. The molecule has 0 radical (unpaired) electrons. The zero-order valence-corrected chi connectivity index (χ0v) is 11.5. The number of benzene rings is 1. The van der Waals surface area contributed by atoms with Gasteiger partial charge in [-0.2, -0.15) is 0 Å². The van der Waals surface area contributed by atoms with Crippen molar-refractivity contribution < 1.29 is 14.7 Å². The Hall–Kier alpha value is -1.36. The second-order valence-electron chi connectivity index (χ2n) is 4.57. The van der Waals surface area contributed by atoms with E-state index in [0.29, 0.717) is 6.42 Å². The molecule has 0 spiro atoms. The van der Waals surface area contributed by atoms with E-state index in [9.17, 15) is 9.59 Å². The molecule has 18 heavy (non-hydrogen) atoms. The third kappa shape index (κ3) is 2.90. The molecule has 5 heteroatoms. The van der Waals surface area contributed by atoms with Gasteiger partial charge in [-0.1, -0.05) is 28.1 Å². The molecule has 2 N–H and O–H groups in total. The van der Waals surface area contributed by atoms with Crippen LogP contribution in [0.15, 0.2) is 28.7 Å². The minimum atomic E-state index is -0.883. The molecule has 2 rings (SSSR count). The van der Waals surface area contributed by atoms with E-state index < -0.39 is 11.9 Å². The smallest absolute Gasteiger partial charge is 0.307 e. The SMILES string of the molecule is C[C@@H](NC(=O)[C@@H]1C[C@@H]1C(=O)O)c1ccc(Br)cc1. The van der Waals surface area contributed by atoms with E-state index in [1.165, 1.54) is 0 Å². The summed E-state index contributed by atoms with van der Waals surface area (Å²) in [6, 6.07) is 7.57. The van der Waals surface area contributed by atoms with Crippen LogP contribution in [0.25, 0.3) is 0 Å². The minimum Gasteiger partial charge on any atom is -0.481 e. The third-order valence-corrected chi connectivity index (χ3v) is 3.70. The van der Waals surface area contributed by atoms with Crippen molar-refractivity contribution in [3.63, 3.8) is 0 Å². The fraction of sp³-hybridized carbons (Fsp3) is 0.385. The number of carbonyl (C=O) groups excluding carboxylic acids is 1. The van der Waals surface area contributed by atoms with Crippen molar-refractivity contribution in [3.8, 4) is 0 Å². The van der Waals surface area contributed by atoms with Gasteiger partial charge in [-0.3, -0.25) is 9.59 Å². The summed E-state index contributed by atoms with van der Waals surface area (Å²) in [6.45, 7) is 1.89. The Morgan fingerprint density at radius 2 is 1.94 bits per heavy atom. The van der Waals surface area contributed by atoms with Crippen LogP contribution in [0, 0.1) is 11.8 Å². The van der Waals surface area contributed by atoms with Crippen LogP contribution in [-0.2, 0) is 9.59 Å². The highest BCUT2D eigenvalue weighted by atomic mass is 79.9. The van der Waals surface area contributed by atoms with Crippen molar-refractivity contribution in [2.75, 3.05) is 0 Å². The van der Waals surface area contributed by atoms with E-state index in [1.54, 1.807) is 0 Å². The highest BCUT2D eigenvalue weighted by Crippen LogP contribution is 2.39. The average molecular weight is 312 g/mol. The Labute approximate surface area is 114 Å². The van der Waals surface area contributed by atoms with E-state index >= 15 is 0 Å². The average Bonchev–Trinajstić information content (AvgIpc) is 3.09. The summed E-state index contributed by atoms with van der Waals surface area (Å²) < 4.78 is 0.984. The Bertz CT molecular complexity index is 472. The molecule has 1 aromatic carbocycles. The standard InChI is InChI=1S/C13H14BrNO3/c1-7(8-2-4-9(14)5-3-8)15-12(16)10-6-11(10)13(17)18/h2-5,7,10-11H,6H2,1H3,(H,15,16)(H,17,18)/t7-,10-,11+/m1/s1. The monoisotopic (exact) mass is 311 g/mol. The predicted octanol–water partition coefficient (Wildman–Crippen LogP) is 2.35. The Balaban J connectivity index is 1.92. The van der Waals surface area contributed by atoms with Crippen molar-refractivity contribution in [1.82, 2.24) is 5.32 Å². The fourth-order valence-electron chi connectivity index (χ4n) is 1.91. The molecule has 0 saturated heterocycles. The summed E-state index contributed by atoms with van der Waals surface area (Å²) in [6.07, 6.45) is 0.453. The zero-order chi connectivity index (χ0) is 13.3. The van der Waals surface area contributed by atoms with Crippen LogP contribution in [0.4, 0.5) is 0 Å². The maximum atomic E-state index is 11.8. The maximum absolute atomic E-state index is 11.8. The normalized spacial score (nSPS) is 23.2. The zero-order valence-electron chi connectivity index (χ0n) is 9.89. The third-order valence-electron chi connectivity index (χ3n) is 3.17. The topological polar surface area (TPSA) is 66.4 Å². The summed E-state index contributed by atoms with van der Waals surface area (Å²) in [5.41, 5.74) is 0.999. The van der Waals surface area contributed by atoms with Crippen molar-refractivity contribution >= 4 is 27.8 Å². The molecule has 1 amide bonds. The largest absolute Gasteiger partial charge is 0.481 e. The van der Waals surface area contributed by atoms with Gasteiger partial charge in [-0.15, -0.1) is 0 Å². The van der Waals surface area contributed by atoms with Gasteiger partial charge in [0.2, 0.25) is 5.91 Å². The fourth-order valence-corrected chi connectivity index (χ4v) is 2.18. The molecule has 1 aliphatic carbocycles. The van der Waals surface area contributed by atoms with Crippen molar-refractivity contribution in [3.05, 3.63) is 34.3 Å². The maximum Gasteiger partial charge on any atom is 0.307 e. The van der Waals surface area contributed by atoms with Gasteiger partial charge in [0.25, 0.3) is 0 Å². The molecule has 0 unspecified atom stereocenters. The summed E-state index contributed by atoms with van der Waals surface area (Å²) >= 11 is 3.35. The lowest BCUT2D eigenvalue weighted by Gasteiger charge is -2.14. The Morgan fingerprint density at radius 1 is 1.33 bits per heavy atom. The number of carboxylic acids is 1. The van der Waals surface area contributed by atoms with Crippen molar-refractivity contribution in [1.29, 1.82) is 0 Å². The number of halogens is 1. The molecule has 1 aromatic rings. The molecule has 1 fully saturated rings. The van der Waals surface area contributed by atoms with E-state index in [2.05, 4.69) is 21.2 Å². The Morgan fingerprint density at radius 3 is 2.44 bits per heavy atom. The molecule has 0 heterocycles. The predicted molar refractivity (Wildman–Crippen MR) is 69.9 cm³/mol. The summed E-state index contributed by atoms with van der Waals surface area (Å²) in [5, 5.41) is 11.6.